The van der Waals surface area contributed by atoms with E-state index >= 15 is 0 Å². The fraction of sp³-hybridized carbons (Fsp3) is 0.385. The van der Waals surface area contributed by atoms with E-state index in [1.165, 1.54) is 23.1 Å². The molecule has 1 N–H and O–H groups in total. The van der Waals surface area contributed by atoms with E-state index in [0.29, 0.717) is 13.0 Å². The van der Waals surface area contributed by atoms with E-state index in [2.05, 4.69) is 0 Å². The van der Waals surface area contributed by atoms with Gasteiger partial charge >= 0.3 is 5.97 Å². The summed E-state index contributed by atoms with van der Waals surface area (Å²) < 4.78 is 0. The van der Waals surface area contributed by atoms with E-state index in [1.54, 1.807) is 0 Å². The molecule has 1 saturated heterocycles. The van der Waals surface area contributed by atoms with Gasteiger partial charge < -0.3 is 10.0 Å². The Hall–Kier alpha value is -2.62. The Morgan fingerprint density at radius 2 is 2.30 bits per heavy atom. The summed E-state index contributed by atoms with van der Waals surface area (Å²) in [7, 11) is 0. The van der Waals surface area contributed by atoms with Crippen molar-refractivity contribution < 1.29 is 14.8 Å². The Morgan fingerprint density at radius 3 is 2.85 bits per heavy atom. The lowest BCUT2D eigenvalue weighted by Gasteiger charge is -2.25. The zero-order chi connectivity index (χ0) is 14.9. The first-order valence-corrected chi connectivity index (χ1v) is 6.13. The van der Waals surface area contributed by atoms with Crippen molar-refractivity contribution in [3.8, 4) is 6.07 Å². The number of hydrogen-bond acceptors (Lipinski definition) is 5. The molecule has 1 heterocycles. The predicted octanol–water partition coefficient (Wildman–Crippen LogP) is 1.77. The Bertz CT molecular complexity index is 608. The minimum Gasteiger partial charge on any atom is -0.480 e. The van der Waals surface area contributed by atoms with Crippen LogP contribution in [0.1, 0.15) is 18.9 Å². The van der Waals surface area contributed by atoms with Crippen LogP contribution >= 0.6 is 0 Å². The van der Waals surface area contributed by atoms with E-state index in [9.17, 15) is 20.0 Å². The number of rotatable bonds is 3. The lowest BCUT2D eigenvalue weighted by Crippen LogP contribution is -2.39. The number of carboxylic acids is 1. The Morgan fingerprint density at radius 1 is 1.60 bits per heavy atom. The molecule has 1 aliphatic heterocycles. The van der Waals surface area contributed by atoms with Crippen LogP contribution in [0, 0.1) is 27.4 Å². The second-order valence-corrected chi connectivity index (χ2v) is 4.81. The molecule has 20 heavy (non-hydrogen) atoms. The molecule has 104 valence electrons. The first-order chi connectivity index (χ1) is 9.45. The van der Waals surface area contributed by atoms with Crippen LogP contribution in [0.4, 0.5) is 11.4 Å². The predicted molar refractivity (Wildman–Crippen MR) is 70.4 cm³/mol. The third-order valence-corrected chi connectivity index (χ3v) is 3.56. The Balaban J connectivity index is 2.50. The van der Waals surface area contributed by atoms with E-state index in [-0.39, 0.29) is 22.9 Å². The highest BCUT2D eigenvalue weighted by molar-refractivity contribution is 5.81. The largest absolute Gasteiger partial charge is 0.480 e. The van der Waals surface area contributed by atoms with Crippen LogP contribution in [0.5, 0.6) is 0 Å². The van der Waals surface area contributed by atoms with Gasteiger partial charge in [0.1, 0.15) is 11.7 Å². The summed E-state index contributed by atoms with van der Waals surface area (Å²) in [5.74, 6) is -1.07. The van der Waals surface area contributed by atoms with Gasteiger partial charge in [-0.25, -0.2) is 4.79 Å². The third kappa shape index (κ3) is 2.28. The number of nitro groups is 1. The van der Waals surface area contributed by atoms with E-state index in [1.807, 2.05) is 13.0 Å². The van der Waals surface area contributed by atoms with Crippen LogP contribution in [-0.2, 0) is 4.79 Å². The zero-order valence-electron chi connectivity index (χ0n) is 10.8. The lowest BCUT2D eigenvalue weighted by molar-refractivity contribution is -0.384. The Labute approximate surface area is 115 Å². The van der Waals surface area contributed by atoms with Crippen LogP contribution in [0.15, 0.2) is 18.2 Å². The number of aliphatic carboxylic acids is 1. The van der Waals surface area contributed by atoms with E-state index < -0.39 is 16.9 Å². The molecule has 0 radical (unpaired) electrons. The summed E-state index contributed by atoms with van der Waals surface area (Å²) in [6, 6.07) is 5.16. The Kier molecular flexibility index (Phi) is 3.57. The first-order valence-electron chi connectivity index (χ1n) is 6.13. The van der Waals surface area contributed by atoms with Crippen LogP contribution in [0.3, 0.4) is 0 Å². The fourth-order valence-corrected chi connectivity index (χ4v) is 2.58. The van der Waals surface area contributed by atoms with Crippen LogP contribution in [0.2, 0.25) is 0 Å². The first kappa shape index (κ1) is 13.8. The van der Waals surface area contributed by atoms with E-state index in [4.69, 9.17) is 5.26 Å². The van der Waals surface area contributed by atoms with Crippen molar-refractivity contribution in [3.63, 3.8) is 0 Å². The summed E-state index contributed by atoms with van der Waals surface area (Å²) in [5, 5.41) is 29.2. The number of carboxylic acid groups (broad SMARTS) is 1. The third-order valence-electron chi connectivity index (χ3n) is 3.56. The number of carbonyl (C=O) groups is 1. The van der Waals surface area contributed by atoms with Gasteiger partial charge in [-0.15, -0.1) is 0 Å². The van der Waals surface area contributed by atoms with Gasteiger partial charge in [0.05, 0.1) is 16.6 Å². The van der Waals surface area contributed by atoms with Crippen molar-refractivity contribution in [2.75, 3.05) is 11.4 Å². The number of anilines is 1. The standard InChI is InChI=1S/C13H13N3O4/c1-8-4-5-15(12(8)13(17)18)10-3-2-9(7-14)6-11(10)16(19)20/h2-3,6,8,12H,4-5H2,1H3,(H,17,18). The maximum atomic E-state index is 11.3. The molecular weight excluding hydrogens is 262 g/mol. The van der Waals surface area contributed by atoms with Crippen molar-refractivity contribution in [1.29, 1.82) is 5.26 Å². The number of hydrogen-bond donors (Lipinski definition) is 1. The van der Waals surface area contributed by atoms with Crippen LogP contribution in [0.25, 0.3) is 0 Å². The van der Waals surface area contributed by atoms with Gasteiger partial charge in [-0.05, 0) is 24.5 Å². The molecule has 1 aromatic rings. The summed E-state index contributed by atoms with van der Waals surface area (Å²) in [4.78, 5) is 23.4. The monoisotopic (exact) mass is 275 g/mol. The molecule has 1 fully saturated rings. The van der Waals surface area contributed by atoms with Crippen molar-refractivity contribution in [3.05, 3.63) is 33.9 Å². The molecule has 1 aliphatic rings. The quantitative estimate of drug-likeness (QED) is 0.665. The molecule has 7 nitrogen and oxygen atoms in total. The maximum Gasteiger partial charge on any atom is 0.326 e. The second-order valence-electron chi connectivity index (χ2n) is 4.81. The number of nitrogens with zero attached hydrogens (tertiary/aromatic N) is 3. The number of benzene rings is 1. The minimum atomic E-state index is -0.992. The molecule has 7 heteroatoms. The topological polar surface area (TPSA) is 107 Å². The fourth-order valence-electron chi connectivity index (χ4n) is 2.58. The van der Waals surface area contributed by atoms with Gasteiger partial charge in [-0.2, -0.15) is 5.26 Å². The molecule has 0 aliphatic carbocycles. The van der Waals surface area contributed by atoms with Crippen LogP contribution in [-0.4, -0.2) is 28.6 Å². The van der Waals surface area contributed by atoms with Gasteiger partial charge in [-0.1, -0.05) is 6.92 Å². The average molecular weight is 275 g/mol. The molecule has 0 amide bonds. The van der Waals surface area contributed by atoms with Crippen molar-refractivity contribution in [2.24, 2.45) is 5.92 Å². The molecular formula is C13H13N3O4. The average Bonchev–Trinajstić information content (AvgIpc) is 2.79. The highest BCUT2D eigenvalue weighted by Gasteiger charge is 2.39. The number of nitro benzene ring substituents is 1. The molecule has 0 spiro atoms. The summed E-state index contributed by atoms with van der Waals surface area (Å²) >= 11 is 0. The van der Waals surface area contributed by atoms with Gasteiger partial charge in [0.2, 0.25) is 0 Å². The SMILES string of the molecule is CC1CCN(c2ccc(C#N)cc2[N+](=O)[O-])C1C(=O)O. The summed E-state index contributed by atoms with van der Waals surface area (Å²) in [5.41, 5.74) is 0.203. The smallest absolute Gasteiger partial charge is 0.326 e. The molecule has 0 aromatic heterocycles. The molecule has 2 unspecified atom stereocenters. The molecule has 0 bridgehead atoms. The van der Waals surface area contributed by atoms with Gasteiger partial charge in [0, 0.05) is 12.6 Å². The molecule has 2 atom stereocenters. The van der Waals surface area contributed by atoms with Gasteiger partial charge in [-0.3, -0.25) is 10.1 Å². The molecule has 0 saturated carbocycles. The highest BCUT2D eigenvalue weighted by atomic mass is 16.6. The van der Waals surface area contributed by atoms with Gasteiger partial charge in [0.25, 0.3) is 5.69 Å². The highest BCUT2D eigenvalue weighted by Crippen LogP contribution is 2.36. The summed E-state index contributed by atoms with van der Waals surface area (Å²) in [6.07, 6.45) is 0.661. The normalized spacial score (nSPS) is 21.5. The summed E-state index contributed by atoms with van der Waals surface area (Å²) in [6.45, 7) is 2.26. The van der Waals surface area contributed by atoms with Gasteiger partial charge in [0.15, 0.2) is 0 Å². The minimum absolute atomic E-state index is 0.0808. The molecule has 2 rings (SSSR count). The maximum absolute atomic E-state index is 11.3. The van der Waals surface area contributed by atoms with Crippen LogP contribution < -0.4 is 4.90 Å². The molecule has 1 aromatic carbocycles. The van der Waals surface area contributed by atoms with E-state index in [0.717, 1.165) is 0 Å². The zero-order valence-corrected chi connectivity index (χ0v) is 10.8. The van der Waals surface area contributed by atoms with Crippen molar-refractivity contribution >= 4 is 17.3 Å². The van der Waals surface area contributed by atoms with Crippen molar-refractivity contribution in [2.45, 2.75) is 19.4 Å². The number of nitriles is 1. The van der Waals surface area contributed by atoms with Crippen molar-refractivity contribution in [1.82, 2.24) is 0 Å². The lowest BCUT2D eigenvalue weighted by atomic mass is 10.0. The second kappa shape index (κ2) is 5.17.